The zero-order valence-corrected chi connectivity index (χ0v) is 12.6. The van der Waals surface area contributed by atoms with Crippen LogP contribution in [0.3, 0.4) is 0 Å². The normalized spacial score (nSPS) is 15.4. The number of rotatable bonds is 7. The first-order chi connectivity index (χ1) is 9.74. The predicted octanol–water partition coefficient (Wildman–Crippen LogP) is 4.00. The summed E-state index contributed by atoms with van der Waals surface area (Å²) in [6, 6.07) is 6.54. The largest absolute Gasteiger partial charge is 0.356 e. The quantitative estimate of drug-likeness (QED) is 0.608. The van der Waals surface area contributed by atoms with Gasteiger partial charge in [0.25, 0.3) is 0 Å². The maximum absolute atomic E-state index is 12.7. The molecule has 110 valence electrons. The van der Waals surface area contributed by atoms with Crippen LogP contribution in [-0.2, 0) is 4.79 Å². The fourth-order valence-electron chi connectivity index (χ4n) is 2.57. The van der Waals surface area contributed by atoms with Crippen molar-refractivity contribution in [3.8, 4) is 0 Å². The van der Waals surface area contributed by atoms with Crippen molar-refractivity contribution in [2.75, 3.05) is 12.3 Å². The molecule has 0 saturated heterocycles. The Morgan fingerprint density at radius 1 is 1.25 bits per heavy atom. The van der Waals surface area contributed by atoms with E-state index in [0.717, 1.165) is 23.6 Å². The highest BCUT2D eigenvalue weighted by Gasteiger charge is 2.17. The van der Waals surface area contributed by atoms with Crippen molar-refractivity contribution in [2.45, 2.75) is 43.4 Å². The summed E-state index contributed by atoms with van der Waals surface area (Å²) in [6.07, 6.45) is 6.64. The number of carbonyl (C=O) groups excluding carboxylic acids is 1. The summed E-state index contributed by atoms with van der Waals surface area (Å²) in [5, 5.41) is 2.99. The fraction of sp³-hybridized carbons (Fsp3) is 0.562. The lowest BCUT2D eigenvalue weighted by Crippen LogP contribution is -2.26. The SMILES string of the molecule is O=C(CC1CCCC1)NCCCSc1ccc(F)cc1. The summed E-state index contributed by atoms with van der Waals surface area (Å²) >= 11 is 1.70. The van der Waals surface area contributed by atoms with Crippen LogP contribution in [-0.4, -0.2) is 18.2 Å². The molecule has 1 fully saturated rings. The van der Waals surface area contributed by atoms with Gasteiger partial charge in [-0.2, -0.15) is 0 Å². The van der Waals surface area contributed by atoms with E-state index in [-0.39, 0.29) is 11.7 Å². The van der Waals surface area contributed by atoms with Crippen molar-refractivity contribution in [1.29, 1.82) is 0 Å². The molecule has 0 unspecified atom stereocenters. The number of hydrogen-bond acceptors (Lipinski definition) is 2. The van der Waals surface area contributed by atoms with Crippen LogP contribution in [0.15, 0.2) is 29.2 Å². The second-order valence-electron chi connectivity index (χ2n) is 5.36. The number of hydrogen-bond donors (Lipinski definition) is 1. The average Bonchev–Trinajstić information content (AvgIpc) is 2.93. The van der Waals surface area contributed by atoms with Gasteiger partial charge >= 0.3 is 0 Å². The molecule has 20 heavy (non-hydrogen) atoms. The van der Waals surface area contributed by atoms with Gasteiger partial charge in [-0.25, -0.2) is 4.39 Å². The second-order valence-corrected chi connectivity index (χ2v) is 6.53. The number of thioether (sulfide) groups is 1. The van der Waals surface area contributed by atoms with Gasteiger partial charge in [-0.15, -0.1) is 11.8 Å². The molecule has 0 atom stereocenters. The summed E-state index contributed by atoms with van der Waals surface area (Å²) in [4.78, 5) is 12.8. The Morgan fingerprint density at radius 3 is 2.65 bits per heavy atom. The standard InChI is InChI=1S/C16H22FNOS/c17-14-6-8-15(9-7-14)20-11-3-10-18-16(19)12-13-4-1-2-5-13/h6-9,13H,1-5,10-12H2,(H,18,19). The van der Waals surface area contributed by atoms with E-state index in [0.29, 0.717) is 12.3 Å². The van der Waals surface area contributed by atoms with Gasteiger partial charge in [0.05, 0.1) is 0 Å². The summed E-state index contributed by atoms with van der Waals surface area (Å²) in [5.41, 5.74) is 0. The molecule has 2 nitrogen and oxygen atoms in total. The van der Waals surface area contributed by atoms with Crippen molar-refractivity contribution in [2.24, 2.45) is 5.92 Å². The Morgan fingerprint density at radius 2 is 1.95 bits per heavy atom. The monoisotopic (exact) mass is 295 g/mol. The van der Waals surface area contributed by atoms with Crippen LogP contribution in [0, 0.1) is 11.7 Å². The first-order valence-corrected chi connectivity index (χ1v) is 8.37. The van der Waals surface area contributed by atoms with E-state index < -0.39 is 0 Å². The number of benzene rings is 1. The Hall–Kier alpha value is -1.03. The summed E-state index contributed by atoms with van der Waals surface area (Å²) in [6.45, 7) is 0.736. The Bertz CT molecular complexity index is 415. The molecule has 2 rings (SSSR count). The minimum absolute atomic E-state index is 0.198. The molecule has 1 saturated carbocycles. The van der Waals surface area contributed by atoms with Crippen molar-refractivity contribution in [3.63, 3.8) is 0 Å². The molecule has 1 amide bonds. The zero-order chi connectivity index (χ0) is 14.2. The summed E-state index contributed by atoms with van der Waals surface area (Å²) in [5.74, 6) is 1.55. The molecule has 0 bridgehead atoms. The highest BCUT2D eigenvalue weighted by Crippen LogP contribution is 2.27. The number of amides is 1. The molecule has 0 aromatic heterocycles. The molecule has 0 aliphatic heterocycles. The van der Waals surface area contributed by atoms with Gasteiger partial charge in [0.2, 0.25) is 5.91 Å². The maximum atomic E-state index is 12.7. The van der Waals surface area contributed by atoms with Crippen LogP contribution in [0.5, 0.6) is 0 Å². The third kappa shape index (κ3) is 5.53. The molecular weight excluding hydrogens is 273 g/mol. The third-order valence-electron chi connectivity index (χ3n) is 3.67. The number of nitrogens with one attached hydrogen (secondary N) is 1. The molecule has 1 aliphatic carbocycles. The van der Waals surface area contributed by atoms with Gasteiger partial charge in [0.15, 0.2) is 0 Å². The minimum atomic E-state index is -0.200. The van der Waals surface area contributed by atoms with Gasteiger partial charge < -0.3 is 5.32 Å². The molecule has 0 spiro atoms. The molecule has 0 radical (unpaired) electrons. The van der Waals surface area contributed by atoms with Crippen molar-refractivity contribution in [3.05, 3.63) is 30.1 Å². The number of halogens is 1. The van der Waals surface area contributed by atoms with E-state index >= 15 is 0 Å². The van der Waals surface area contributed by atoms with Crippen molar-refractivity contribution < 1.29 is 9.18 Å². The first kappa shape index (κ1) is 15.4. The van der Waals surface area contributed by atoms with Crippen LogP contribution in [0.4, 0.5) is 4.39 Å². The van der Waals surface area contributed by atoms with Gasteiger partial charge in [0, 0.05) is 17.9 Å². The lowest BCUT2D eigenvalue weighted by atomic mass is 10.0. The fourth-order valence-corrected chi connectivity index (χ4v) is 3.42. The highest BCUT2D eigenvalue weighted by atomic mass is 32.2. The van der Waals surface area contributed by atoms with E-state index in [9.17, 15) is 9.18 Å². The minimum Gasteiger partial charge on any atom is -0.356 e. The van der Waals surface area contributed by atoms with E-state index in [4.69, 9.17) is 0 Å². The van der Waals surface area contributed by atoms with E-state index in [1.54, 1.807) is 23.9 Å². The van der Waals surface area contributed by atoms with E-state index in [1.165, 1.54) is 37.8 Å². The second kappa shape index (κ2) is 8.30. The zero-order valence-electron chi connectivity index (χ0n) is 11.7. The molecule has 0 heterocycles. The number of carbonyl (C=O) groups is 1. The summed E-state index contributed by atoms with van der Waals surface area (Å²) < 4.78 is 12.7. The van der Waals surface area contributed by atoms with Crippen molar-refractivity contribution >= 4 is 17.7 Å². The average molecular weight is 295 g/mol. The molecule has 1 aromatic carbocycles. The molecular formula is C16H22FNOS. The van der Waals surface area contributed by atoms with Gasteiger partial charge in [-0.05, 0) is 55.2 Å². The Balaban J connectivity index is 1.52. The summed E-state index contributed by atoms with van der Waals surface area (Å²) in [7, 11) is 0. The lowest BCUT2D eigenvalue weighted by Gasteiger charge is -2.09. The van der Waals surface area contributed by atoms with Gasteiger partial charge in [-0.1, -0.05) is 12.8 Å². The first-order valence-electron chi connectivity index (χ1n) is 7.39. The van der Waals surface area contributed by atoms with E-state index in [2.05, 4.69) is 5.32 Å². The topological polar surface area (TPSA) is 29.1 Å². The molecule has 1 N–H and O–H groups in total. The van der Waals surface area contributed by atoms with Gasteiger partial charge in [-0.3, -0.25) is 4.79 Å². The van der Waals surface area contributed by atoms with Crippen molar-refractivity contribution in [1.82, 2.24) is 5.32 Å². The molecule has 1 aromatic rings. The molecule has 1 aliphatic rings. The van der Waals surface area contributed by atoms with E-state index in [1.807, 2.05) is 0 Å². The van der Waals surface area contributed by atoms with Crippen LogP contribution < -0.4 is 5.32 Å². The van der Waals surface area contributed by atoms with Crippen LogP contribution in [0.1, 0.15) is 38.5 Å². The smallest absolute Gasteiger partial charge is 0.220 e. The van der Waals surface area contributed by atoms with Gasteiger partial charge in [0.1, 0.15) is 5.82 Å². The highest BCUT2D eigenvalue weighted by molar-refractivity contribution is 7.99. The third-order valence-corrected chi connectivity index (χ3v) is 4.77. The Labute approximate surface area is 124 Å². The lowest BCUT2D eigenvalue weighted by molar-refractivity contribution is -0.121. The van der Waals surface area contributed by atoms with Crippen LogP contribution in [0.2, 0.25) is 0 Å². The van der Waals surface area contributed by atoms with Crippen LogP contribution >= 0.6 is 11.8 Å². The Kier molecular flexibility index (Phi) is 6.37. The molecule has 4 heteroatoms. The maximum Gasteiger partial charge on any atom is 0.220 e. The van der Waals surface area contributed by atoms with Crippen LogP contribution in [0.25, 0.3) is 0 Å². The predicted molar refractivity (Wildman–Crippen MR) is 81.3 cm³/mol.